The Bertz CT molecular complexity index is 806. The maximum absolute atomic E-state index is 12.5. The fourth-order valence-corrected chi connectivity index (χ4v) is 3.93. The Morgan fingerprint density at radius 2 is 1.72 bits per heavy atom. The van der Waals surface area contributed by atoms with Crippen LogP contribution in [0.5, 0.6) is 5.75 Å². The summed E-state index contributed by atoms with van der Waals surface area (Å²) in [4.78, 5) is 17.4. The molecule has 5 rings (SSSR count). The fraction of sp³-hybridized carbons (Fsp3) is 0.381. The Hall–Kier alpha value is -2.33. The molecule has 128 valence electrons. The van der Waals surface area contributed by atoms with E-state index in [0.29, 0.717) is 0 Å². The highest BCUT2D eigenvalue weighted by Crippen LogP contribution is 2.50. The molecule has 2 fully saturated rings. The maximum Gasteiger partial charge on any atom is 0.210 e. The fourth-order valence-electron chi connectivity index (χ4n) is 3.93. The molecule has 2 heterocycles. The zero-order chi connectivity index (χ0) is 16.9. The van der Waals surface area contributed by atoms with Gasteiger partial charge >= 0.3 is 0 Å². The van der Waals surface area contributed by atoms with Gasteiger partial charge in [0.2, 0.25) is 5.78 Å². The average Bonchev–Trinajstić information content (AvgIpc) is 3.38. The van der Waals surface area contributed by atoms with Gasteiger partial charge in [-0.1, -0.05) is 30.3 Å². The summed E-state index contributed by atoms with van der Waals surface area (Å²) in [6.07, 6.45) is 1.74. The number of nitrogens with zero attached hydrogens (tertiary/aromatic N) is 2. The second-order valence-corrected chi connectivity index (χ2v) is 7.35. The number of ether oxygens (including phenoxy) is 1. The summed E-state index contributed by atoms with van der Waals surface area (Å²) in [6.45, 7) is 5.08. The topological polar surface area (TPSA) is 32.8 Å². The number of anilines is 1. The first-order valence-corrected chi connectivity index (χ1v) is 9.13. The molecule has 25 heavy (non-hydrogen) atoms. The lowest BCUT2D eigenvalue weighted by Crippen LogP contribution is -2.46. The highest BCUT2D eigenvalue weighted by molar-refractivity contribution is 6.09. The van der Waals surface area contributed by atoms with E-state index < -0.39 is 5.60 Å². The molecule has 1 spiro atoms. The molecule has 1 aliphatic carbocycles. The van der Waals surface area contributed by atoms with Crippen LogP contribution in [-0.2, 0) is 6.54 Å². The monoisotopic (exact) mass is 334 g/mol. The van der Waals surface area contributed by atoms with E-state index in [0.717, 1.165) is 62.6 Å². The first-order chi connectivity index (χ1) is 12.2. The standard InChI is InChI=1S/C21H22N2O2/c24-20-18-14-17(6-7-19(18)25-21(20)8-9-21)23-12-10-22(11-13-23)15-16-4-2-1-3-5-16/h1-7,14H,8-13,15H2. The van der Waals surface area contributed by atoms with Gasteiger partial charge in [-0.15, -0.1) is 0 Å². The van der Waals surface area contributed by atoms with Gasteiger partial charge < -0.3 is 9.64 Å². The smallest absolute Gasteiger partial charge is 0.210 e. The minimum Gasteiger partial charge on any atom is -0.478 e. The molecule has 3 aliphatic rings. The van der Waals surface area contributed by atoms with Crippen LogP contribution in [-0.4, -0.2) is 42.5 Å². The number of ketones is 1. The largest absolute Gasteiger partial charge is 0.478 e. The third-order valence-corrected chi connectivity index (χ3v) is 5.62. The van der Waals surface area contributed by atoms with Crippen molar-refractivity contribution in [1.82, 2.24) is 4.90 Å². The molecule has 0 unspecified atom stereocenters. The SMILES string of the molecule is O=C1c2cc(N3CCN(Cc4ccccc4)CC3)ccc2OC12CC2. The molecular weight excluding hydrogens is 312 g/mol. The molecule has 4 nitrogen and oxygen atoms in total. The van der Waals surface area contributed by atoms with Gasteiger partial charge in [-0.2, -0.15) is 0 Å². The Balaban J connectivity index is 1.26. The summed E-state index contributed by atoms with van der Waals surface area (Å²) in [5.41, 5.74) is 2.80. The van der Waals surface area contributed by atoms with Crippen molar-refractivity contribution >= 4 is 11.5 Å². The van der Waals surface area contributed by atoms with Gasteiger partial charge in [0.05, 0.1) is 5.56 Å². The second-order valence-electron chi connectivity index (χ2n) is 7.35. The van der Waals surface area contributed by atoms with Crippen LogP contribution in [0.3, 0.4) is 0 Å². The van der Waals surface area contributed by atoms with Crippen molar-refractivity contribution in [2.45, 2.75) is 25.0 Å². The first-order valence-electron chi connectivity index (χ1n) is 9.13. The Morgan fingerprint density at radius 1 is 0.960 bits per heavy atom. The lowest BCUT2D eigenvalue weighted by Gasteiger charge is -2.36. The van der Waals surface area contributed by atoms with E-state index in [1.165, 1.54) is 5.56 Å². The molecule has 0 N–H and O–H groups in total. The van der Waals surface area contributed by atoms with Crippen LogP contribution in [0, 0.1) is 0 Å². The number of hydrogen-bond donors (Lipinski definition) is 0. The molecular formula is C21H22N2O2. The number of carbonyl (C=O) groups excluding carboxylic acids is 1. The molecule has 0 amide bonds. The van der Waals surface area contributed by atoms with E-state index in [-0.39, 0.29) is 5.78 Å². The summed E-state index contributed by atoms with van der Waals surface area (Å²) in [7, 11) is 0. The van der Waals surface area contributed by atoms with Crippen LogP contribution in [0.4, 0.5) is 5.69 Å². The number of benzene rings is 2. The average molecular weight is 334 g/mol. The number of hydrogen-bond acceptors (Lipinski definition) is 4. The highest BCUT2D eigenvalue weighted by atomic mass is 16.5. The van der Waals surface area contributed by atoms with E-state index in [2.05, 4.69) is 46.2 Å². The van der Waals surface area contributed by atoms with Crippen LogP contribution in [0.15, 0.2) is 48.5 Å². The molecule has 0 aromatic heterocycles. The molecule has 2 aromatic carbocycles. The third-order valence-electron chi connectivity index (χ3n) is 5.62. The van der Waals surface area contributed by atoms with Gasteiger partial charge in [0.1, 0.15) is 5.75 Å². The van der Waals surface area contributed by atoms with Crippen molar-refractivity contribution < 1.29 is 9.53 Å². The highest BCUT2D eigenvalue weighted by Gasteiger charge is 2.57. The van der Waals surface area contributed by atoms with Crippen molar-refractivity contribution in [3.05, 3.63) is 59.7 Å². The van der Waals surface area contributed by atoms with E-state index in [1.54, 1.807) is 0 Å². The Kier molecular flexibility index (Phi) is 3.35. The molecule has 0 bridgehead atoms. The predicted octanol–water partition coefficient (Wildman–Crippen LogP) is 3.12. The van der Waals surface area contributed by atoms with Crippen molar-refractivity contribution in [3.63, 3.8) is 0 Å². The van der Waals surface area contributed by atoms with Crippen LogP contribution < -0.4 is 9.64 Å². The van der Waals surface area contributed by atoms with E-state index >= 15 is 0 Å². The molecule has 2 aliphatic heterocycles. The summed E-state index contributed by atoms with van der Waals surface area (Å²) >= 11 is 0. The van der Waals surface area contributed by atoms with Crippen molar-refractivity contribution in [2.75, 3.05) is 31.1 Å². The summed E-state index contributed by atoms with van der Waals surface area (Å²) in [5, 5.41) is 0. The summed E-state index contributed by atoms with van der Waals surface area (Å²) in [5.74, 6) is 0.959. The van der Waals surface area contributed by atoms with Crippen LogP contribution in [0.25, 0.3) is 0 Å². The van der Waals surface area contributed by atoms with Gasteiger partial charge in [0.15, 0.2) is 5.60 Å². The van der Waals surface area contributed by atoms with Gasteiger partial charge in [-0.25, -0.2) is 0 Å². The van der Waals surface area contributed by atoms with Crippen LogP contribution >= 0.6 is 0 Å². The van der Waals surface area contributed by atoms with Gasteiger partial charge in [-0.05, 0) is 36.6 Å². The molecule has 4 heteroatoms. The minimum absolute atomic E-state index is 0.187. The van der Waals surface area contributed by atoms with Gasteiger partial charge in [-0.3, -0.25) is 9.69 Å². The third kappa shape index (κ3) is 2.61. The molecule has 0 atom stereocenters. The Labute approximate surface area is 148 Å². The van der Waals surface area contributed by atoms with Crippen molar-refractivity contribution in [2.24, 2.45) is 0 Å². The second kappa shape index (κ2) is 5.60. The normalized spacial score (nSPS) is 21.3. The minimum atomic E-state index is -0.491. The number of piperazine rings is 1. The zero-order valence-electron chi connectivity index (χ0n) is 14.3. The summed E-state index contributed by atoms with van der Waals surface area (Å²) < 4.78 is 5.87. The number of carbonyl (C=O) groups is 1. The number of fused-ring (bicyclic) bond motifs is 1. The van der Waals surface area contributed by atoms with Gasteiger partial charge in [0, 0.05) is 38.4 Å². The van der Waals surface area contributed by atoms with E-state index in [9.17, 15) is 4.79 Å². The Morgan fingerprint density at radius 3 is 2.44 bits per heavy atom. The van der Waals surface area contributed by atoms with E-state index in [1.807, 2.05) is 12.1 Å². The lowest BCUT2D eigenvalue weighted by molar-refractivity contribution is 0.0820. The predicted molar refractivity (Wildman–Crippen MR) is 97.3 cm³/mol. The first kappa shape index (κ1) is 15.0. The van der Waals surface area contributed by atoms with Gasteiger partial charge in [0.25, 0.3) is 0 Å². The molecule has 2 aromatic rings. The molecule has 1 saturated carbocycles. The lowest BCUT2D eigenvalue weighted by atomic mass is 10.1. The van der Waals surface area contributed by atoms with Crippen molar-refractivity contribution in [3.8, 4) is 5.75 Å². The van der Waals surface area contributed by atoms with Crippen LogP contribution in [0.2, 0.25) is 0 Å². The quantitative estimate of drug-likeness (QED) is 0.863. The van der Waals surface area contributed by atoms with E-state index in [4.69, 9.17) is 4.74 Å². The number of rotatable bonds is 3. The maximum atomic E-state index is 12.5. The van der Waals surface area contributed by atoms with Crippen molar-refractivity contribution in [1.29, 1.82) is 0 Å². The number of Topliss-reactive ketones (excluding diaryl/α,β-unsaturated/α-hetero) is 1. The van der Waals surface area contributed by atoms with Crippen LogP contribution in [0.1, 0.15) is 28.8 Å². The molecule has 1 saturated heterocycles. The molecule has 0 radical (unpaired) electrons. The zero-order valence-corrected chi connectivity index (χ0v) is 14.3. The summed E-state index contributed by atoms with van der Waals surface area (Å²) in [6, 6.07) is 16.7.